The summed E-state index contributed by atoms with van der Waals surface area (Å²) in [7, 11) is 1.70. The van der Waals surface area contributed by atoms with Gasteiger partial charge in [0.15, 0.2) is 0 Å². The highest BCUT2D eigenvalue weighted by atomic mass is 16.5. The Bertz CT molecular complexity index is 298. The number of aromatic nitrogens is 2. The van der Waals surface area contributed by atoms with Crippen molar-refractivity contribution in [3.8, 4) is 0 Å². The molecule has 0 atom stereocenters. The van der Waals surface area contributed by atoms with E-state index in [0.29, 0.717) is 5.92 Å². The summed E-state index contributed by atoms with van der Waals surface area (Å²) < 4.78 is 4.96. The molecule has 0 aliphatic carbocycles. The maximum Gasteiger partial charge on any atom is 0.128 e. The van der Waals surface area contributed by atoms with Crippen LogP contribution in [0.4, 0.5) is 0 Å². The molecule has 0 unspecified atom stereocenters. The van der Waals surface area contributed by atoms with Gasteiger partial charge in [-0.25, -0.2) is 9.97 Å². The predicted octanol–water partition coefficient (Wildman–Crippen LogP) is 1.80. The van der Waals surface area contributed by atoms with Crippen molar-refractivity contribution in [3.05, 3.63) is 23.8 Å². The zero-order valence-electron chi connectivity index (χ0n) is 11.1. The van der Waals surface area contributed by atoms with Crippen molar-refractivity contribution in [1.82, 2.24) is 15.3 Å². The molecule has 1 N–H and O–H groups in total. The van der Waals surface area contributed by atoms with Gasteiger partial charge in [-0.05, 0) is 12.3 Å². The maximum absolute atomic E-state index is 4.96. The van der Waals surface area contributed by atoms with E-state index in [9.17, 15) is 0 Å². The van der Waals surface area contributed by atoms with Gasteiger partial charge < -0.3 is 10.1 Å². The number of rotatable bonds is 8. The molecular formula is C13H23N3O. The highest BCUT2D eigenvalue weighted by Crippen LogP contribution is 2.05. The summed E-state index contributed by atoms with van der Waals surface area (Å²) in [6.45, 7) is 6.81. The summed E-state index contributed by atoms with van der Waals surface area (Å²) in [4.78, 5) is 8.73. The van der Waals surface area contributed by atoms with Crippen LogP contribution in [-0.4, -0.2) is 30.2 Å². The Morgan fingerprint density at radius 1 is 1.29 bits per heavy atom. The Hall–Kier alpha value is -1.00. The van der Waals surface area contributed by atoms with E-state index in [1.54, 1.807) is 7.11 Å². The smallest absolute Gasteiger partial charge is 0.128 e. The van der Waals surface area contributed by atoms with Crippen molar-refractivity contribution >= 4 is 0 Å². The largest absolute Gasteiger partial charge is 0.383 e. The van der Waals surface area contributed by atoms with E-state index in [2.05, 4.69) is 29.1 Å². The molecule has 0 fully saturated rings. The number of aryl methyl sites for hydroxylation is 1. The molecule has 1 aromatic rings. The van der Waals surface area contributed by atoms with Crippen LogP contribution in [0, 0.1) is 5.92 Å². The number of hydrogen-bond acceptors (Lipinski definition) is 4. The first-order chi connectivity index (χ1) is 8.22. The molecule has 1 heterocycles. The van der Waals surface area contributed by atoms with Gasteiger partial charge in [0, 0.05) is 44.6 Å². The molecule has 0 spiro atoms. The second-order valence-corrected chi connectivity index (χ2v) is 4.61. The monoisotopic (exact) mass is 237 g/mol. The van der Waals surface area contributed by atoms with Gasteiger partial charge in [0.25, 0.3) is 0 Å². The van der Waals surface area contributed by atoms with E-state index in [-0.39, 0.29) is 0 Å². The Kier molecular flexibility index (Phi) is 6.74. The lowest BCUT2D eigenvalue weighted by Gasteiger charge is -2.05. The highest BCUT2D eigenvalue weighted by molar-refractivity contribution is 5.04. The Morgan fingerprint density at radius 2 is 2.00 bits per heavy atom. The van der Waals surface area contributed by atoms with Gasteiger partial charge >= 0.3 is 0 Å². The molecule has 4 heteroatoms. The van der Waals surface area contributed by atoms with Gasteiger partial charge in [0.1, 0.15) is 5.82 Å². The number of nitrogens with zero attached hydrogens (tertiary/aromatic N) is 2. The quantitative estimate of drug-likeness (QED) is 0.700. The summed E-state index contributed by atoms with van der Waals surface area (Å²) >= 11 is 0. The average molecular weight is 237 g/mol. The minimum absolute atomic E-state index is 0.703. The first-order valence-corrected chi connectivity index (χ1v) is 6.22. The van der Waals surface area contributed by atoms with Crippen molar-refractivity contribution in [2.75, 3.05) is 20.3 Å². The highest BCUT2D eigenvalue weighted by Gasteiger charge is 2.00. The second-order valence-electron chi connectivity index (χ2n) is 4.61. The number of methoxy groups -OCH3 is 1. The lowest BCUT2D eigenvalue weighted by Crippen LogP contribution is -2.18. The first kappa shape index (κ1) is 14.1. The lowest BCUT2D eigenvalue weighted by molar-refractivity contribution is 0.199. The third-order valence-corrected chi connectivity index (χ3v) is 2.52. The van der Waals surface area contributed by atoms with Crippen molar-refractivity contribution in [2.45, 2.75) is 33.2 Å². The topological polar surface area (TPSA) is 47.0 Å². The fraction of sp³-hybridized carbons (Fsp3) is 0.692. The molecule has 1 aromatic heterocycles. The molecule has 0 amide bonds. The molecule has 0 aliphatic heterocycles. The van der Waals surface area contributed by atoms with E-state index >= 15 is 0 Å². The van der Waals surface area contributed by atoms with E-state index in [1.807, 2.05) is 12.4 Å². The van der Waals surface area contributed by atoms with E-state index < -0.39 is 0 Å². The fourth-order valence-electron chi connectivity index (χ4n) is 1.43. The second kappa shape index (κ2) is 8.14. The van der Waals surface area contributed by atoms with Crippen molar-refractivity contribution < 1.29 is 4.74 Å². The van der Waals surface area contributed by atoms with E-state index in [0.717, 1.165) is 43.9 Å². The molecule has 0 radical (unpaired) electrons. The van der Waals surface area contributed by atoms with Gasteiger partial charge in [-0.1, -0.05) is 13.8 Å². The van der Waals surface area contributed by atoms with Crippen LogP contribution in [0.25, 0.3) is 0 Å². The molecule has 4 nitrogen and oxygen atoms in total. The predicted molar refractivity (Wildman–Crippen MR) is 68.8 cm³/mol. The molecule has 0 aromatic carbocycles. The molecule has 1 rings (SSSR count). The van der Waals surface area contributed by atoms with Gasteiger partial charge in [-0.3, -0.25) is 0 Å². The normalized spacial score (nSPS) is 11.1. The van der Waals surface area contributed by atoms with Gasteiger partial charge in [0.05, 0.1) is 6.61 Å². The van der Waals surface area contributed by atoms with Crippen molar-refractivity contribution in [3.63, 3.8) is 0 Å². The standard InChI is InChI=1S/C13H23N3O/c1-11(2)4-5-13-15-9-12(10-16-13)8-14-6-7-17-3/h9-11,14H,4-8H2,1-3H3. The van der Waals surface area contributed by atoms with Crippen LogP contribution < -0.4 is 5.32 Å². The minimum Gasteiger partial charge on any atom is -0.383 e. The van der Waals surface area contributed by atoms with E-state index in [1.165, 1.54) is 0 Å². The summed E-state index contributed by atoms with van der Waals surface area (Å²) in [5.74, 6) is 1.65. The fourth-order valence-corrected chi connectivity index (χ4v) is 1.43. The van der Waals surface area contributed by atoms with Crippen molar-refractivity contribution in [2.24, 2.45) is 5.92 Å². The summed E-state index contributed by atoms with van der Waals surface area (Å²) in [5.41, 5.74) is 1.12. The van der Waals surface area contributed by atoms with Crippen LogP contribution in [-0.2, 0) is 17.7 Å². The molecule has 0 bridgehead atoms. The zero-order chi connectivity index (χ0) is 12.5. The Morgan fingerprint density at radius 3 is 2.59 bits per heavy atom. The number of nitrogens with one attached hydrogen (secondary N) is 1. The zero-order valence-corrected chi connectivity index (χ0v) is 11.1. The first-order valence-electron chi connectivity index (χ1n) is 6.22. The average Bonchev–Trinajstić information content (AvgIpc) is 2.33. The van der Waals surface area contributed by atoms with Crippen LogP contribution in [0.15, 0.2) is 12.4 Å². The van der Waals surface area contributed by atoms with Crippen LogP contribution in [0.2, 0.25) is 0 Å². The van der Waals surface area contributed by atoms with Gasteiger partial charge in [0.2, 0.25) is 0 Å². The Balaban J connectivity index is 2.29. The molecule has 0 saturated heterocycles. The number of hydrogen-bond donors (Lipinski definition) is 1. The van der Waals surface area contributed by atoms with E-state index in [4.69, 9.17) is 4.74 Å². The molecule has 0 saturated carbocycles. The molecular weight excluding hydrogens is 214 g/mol. The lowest BCUT2D eigenvalue weighted by atomic mass is 10.1. The summed E-state index contributed by atoms with van der Waals surface area (Å²) in [6.07, 6.45) is 5.92. The molecule has 0 aliphatic rings. The SMILES string of the molecule is COCCNCc1cnc(CCC(C)C)nc1. The van der Waals surface area contributed by atoms with Crippen LogP contribution in [0.5, 0.6) is 0 Å². The summed E-state index contributed by atoms with van der Waals surface area (Å²) in [6, 6.07) is 0. The third kappa shape index (κ3) is 6.34. The molecule has 96 valence electrons. The Labute approximate surface area is 104 Å². The van der Waals surface area contributed by atoms with Crippen LogP contribution in [0.1, 0.15) is 31.7 Å². The number of ether oxygens (including phenoxy) is 1. The van der Waals surface area contributed by atoms with Gasteiger partial charge in [-0.2, -0.15) is 0 Å². The minimum atomic E-state index is 0.703. The summed E-state index contributed by atoms with van der Waals surface area (Å²) in [5, 5.41) is 3.27. The maximum atomic E-state index is 4.96. The van der Waals surface area contributed by atoms with Crippen LogP contribution in [0.3, 0.4) is 0 Å². The van der Waals surface area contributed by atoms with Crippen LogP contribution >= 0.6 is 0 Å². The van der Waals surface area contributed by atoms with Crippen molar-refractivity contribution in [1.29, 1.82) is 0 Å². The third-order valence-electron chi connectivity index (χ3n) is 2.52. The van der Waals surface area contributed by atoms with Gasteiger partial charge in [-0.15, -0.1) is 0 Å². The molecule has 17 heavy (non-hydrogen) atoms.